The molecule has 0 saturated carbocycles. The van der Waals surface area contributed by atoms with Crippen molar-refractivity contribution >= 4 is 11.7 Å². The molecule has 0 atom stereocenters. The molecule has 0 spiro atoms. The summed E-state index contributed by atoms with van der Waals surface area (Å²) in [5.74, 6) is -2.22. The highest BCUT2D eigenvalue weighted by Gasteiger charge is 2.27. The number of aryl methyl sites for hydroxylation is 1. The third kappa shape index (κ3) is 4.95. The fraction of sp³-hybridized carbons (Fsp3) is 0.118. The molecule has 0 amide bonds. The first kappa shape index (κ1) is 16.7. The van der Waals surface area contributed by atoms with Gasteiger partial charge in [0.1, 0.15) is 11.6 Å². The van der Waals surface area contributed by atoms with Crippen molar-refractivity contribution in [3.05, 3.63) is 77.1 Å². The molecule has 2 aromatic rings. The van der Waals surface area contributed by atoms with Crippen LogP contribution in [0, 0.1) is 12.7 Å². The van der Waals surface area contributed by atoms with Crippen molar-refractivity contribution in [3.63, 3.8) is 0 Å². The number of benzene rings is 2. The molecule has 6 heteroatoms. The van der Waals surface area contributed by atoms with Gasteiger partial charge in [-0.2, -0.15) is 13.2 Å². The molecule has 2 nitrogen and oxygen atoms in total. The van der Waals surface area contributed by atoms with Crippen LogP contribution in [-0.2, 0) is 4.74 Å². The Morgan fingerprint density at radius 2 is 1.70 bits per heavy atom. The van der Waals surface area contributed by atoms with Crippen LogP contribution in [0.4, 0.5) is 17.6 Å². The normalized spacial score (nSPS) is 12.1. The van der Waals surface area contributed by atoms with Crippen molar-refractivity contribution in [1.29, 1.82) is 0 Å². The van der Waals surface area contributed by atoms with E-state index >= 15 is 0 Å². The van der Waals surface area contributed by atoms with Crippen molar-refractivity contribution in [2.75, 3.05) is 0 Å². The van der Waals surface area contributed by atoms with Crippen LogP contribution < -0.4 is 0 Å². The molecule has 0 aliphatic heterocycles. The van der Waals surface area contributed by atoms with Gasteiger partial charge in [0, 0.05) is 5.56 Å². The molecule has 0 aliphatic carbocycles. The first-order chi connectivity index (χ1) is 10.7. The van der Waals surface area contributed by atoms with Crippen molar-refractivity contribution in [3.8, 4) is 0 Å². The van der Waals surface area contributed by atoms with Crippen LogP contribution in [0.25, 0.3) is 5.76 Å². The van der Waals surface area contributed by atoms with Gasteiger partial charge >= 0.3 is 12.1 Å². The van der Waals surface area contributed by atoms with Crippen LogP contribution >= 0.6 is 0 Å². The predicted molar refractivity (Wildman–Crippen MR) is 77.0 cm³/mol. The third-order valence-corrected chi connectivity index (χ3v) is 2.88. The number of halogens is 4. The zero-order valence-corrected chi connectivity index (χ0v) is 12.0. The van der Waals surface area contributed by atoms with E-state index in [2.05, 4.69) is 0 Å². The van der Waals surface area contributed by atoms with Gasteiger partial charge in [0.05, 0.1) is 11.6 Å². The van der Waals surface area contributed by atoms with Crippen molar-refractivity contribution < 1.29 is 27.1 Å². The fourth-order valence-electron chi connectivity index (χ4n) is 1.87. The smallest absolute Gasteiger partial charge is 0.413 e. The van der Waals surface area contributed by atoms with Crippen molar-refractivity contribution in [1.82, 2.24) is 0 Å². The van der Waals surface area contributed by atoms with Crippen molar-refractivity contribution in [2.24, 2.45) is 0 Å². The molecule has 0 aromatic heterocycles. The largest absolute Gasteiger partial charge is 0.422 e. The second-order valence-electron chi connectivity index (χ2n) is 4.82. The minimum Gasteiger partial charge on any atom is -0.422 e. The molecule has 0 fully saturated rings. The summed E-state index contributed by atoms with van der Waals surface area (Å²) in [7, 11) is 0. The van der Waals surface area contributed by atoms with Crippen LogP contribution in [0.1, 0.15) is 21.5 Å². The van der Waals surface area contributed by atoms with E-state index in [4.69, 9.17) is 4.74 Å². The first-order valence-corrected chi connectivity index (χ1v) is 6.59. The quantitative estimate of drug-likeness (QED) is 0.456. The maximum absolute atomic E-state index is 12.9. The van der Waals surface area contributed by atoms with Gasteiger partial charge in [0.15, 0.2) is 0 Å². The van der Waals surface area contributed by atoms with Crippen LogP contribution in [-0.4, -0.2) is 12.1 Å². The standard InChI is InChI=1S/C17H12F4O2/c1-11-3-2-4-13(9-11)16(22)23-15(10-17(19,20)21)12-5-7-14(18)8-6-12/h2-10H,1H3/b15-10+. The lowest BCUT2D eigenvalue weighted by Crippen LogP contribution is -2.09. The Morgan fingerprint density at radius 1 is 1.04 bits per heavy atom. The number of hydrogen-bond acceptors (Lipinski definition) is 2. The van der Waals surface area contributed by atoms with E-state index in [0.29, 0.717) is 0 Å². The minimum atomic E-state index is -4.68. The maximum Gasteiger partial charge on any atom is 0.413 e. The van der Waals surface area contributed by atoms with Gasteiger partial charge in [-0.05, 0) is 43.3 Å². The monoisotopic (exact) mass is 324 g/mol. The second kappa shape index (κ2) is 6.64. The van der Waals surface area contributed by atoms with Gasteiger partial charge < -0.3 is 4.74 Å². The Labute approximate surface area is 130 Å². The Kier molecular flexibility index (Phi) is 4.83. The van der Waals surface area contributed by atoms with Gasteiger partial charge in [0.2, 0.25) is 0 Å². The molecule has 0 saturated heterocycles. The SMILES string of the molecule is Cc1cccc(C(=O)O/C(=C/C(F)(F)F)c2ccc(F)cc2)c1. The summed E-state index contributed by atoms with van der Waals surface area (Å²) in [5.41, 5.74) is 0.840. The zero-order valence-electron chi connectivity index (χ0n) is 12.0. The predicted octanol–water partition coefficient (Wildman–Crippen LogP) is 4.89. The van der Waals surface area contributed by atoms with Gasteiger partial charge in [-0.3, -0.25) is 0 Å². The molecule has 0 bridgehead atoms. The Hall–Kier alpha value is -2.63. The molecular formula is C17H12F4O2. The van der Waals surface area contributed by atoms with Gasteiger partial charge in [0.25, 0.3) is 0 Å². The average molecular weight is 324 g/mol. The molecule has 0 N–H and O–H groups in total. The maximum atomic E-state index is 12.9. The highest BCUT2D eigenvalue weighted by Crippen LogP contribution is 2.26. The number of ether oxygens (including phenoxy) is 1. The first-order valence-electron chi connectivity index (χ1n) is 6.59. The number of allylic oxidation sites excluding steroid dienone is 1. The molecule has 2 aromatic carbocycles. The zero-order chi connectivity index (χ0) is 17.0. The highest BCUT2D eigenvalue weighted by atomic mass is 19.4. The Bertz CT molecular complexity index is 731. The Morgan fingerprint density at radius 3 is 2.26 bits per heavy atom. The number of hydrogen-bond donors (Lipinski definition) is 0. The number of alkyl halides is 3. The van der Waals surface area contributed by atoms with Crippen LogP contribution in [0.3, 0.4) is 0 Å². The van der Waals surface area contributed by atoms with E-state index in [-0.39, 0.29) is 17.2 Å². The lowest BCUT2D eigenvalue weighted by molar-refractivity contribution is -0.0802. The molecule has 120 valence electrons. The van der Waals surface area contributed by atoms with Gasteiger partial charge in [-0.1, -0.05) is 17.7 Å². The molecule has 23 heavy (non-hydrogen) atoms. The molecule has 0 heterocycles. The lowest BCUT2D eigenvalue weighted by Gasteiger charge is -2.11. The summed E-state index contributed by atoms with van der Waals surface area (Å²) in [4.78, 5) is 12.0. The minimum absolute atomic E-state index is 0.0512. The Balaban J connectivity index is 2.33. The number of carbonyl (C=O) groups is 1. The molecule has 0 aliphatic rings. The van der Waals surface area contributed by atoms with Crippen LogP contribution in [0.2, 0.25) is 0 Å². The third-order valence-electron chi connectivity index (χ3n) is 2.88. The van der Waals surface area contributed by atoms with Crippen LogP contribution in [0.15, 0.2) is 54.6 Å². The summed E-state index contributed by atoms with van der Waals surface area (Å²) < 4.78 is 55.7. The van der Waals surface area contributed by atoms with Gasteiger partial charge in [-0.15, -0.1) is 0 Å². The summed E-state index contributed by atoms with van der Waals surface area (Å²) in [6, 6.07) is 10.5. The van der Waals surface area contributed by atoms with Gasteiger partial charge in [-0.25, -0.2) is 9.18 Å². The topological polar surface area (TPSA) is 26.3 Å². The second-order valence-corrected chi connectivity index (χ2v) is 4.82. The summed E-state index contributed by atoms with van der Waals surface area (Å²) in [6.45, 7) is 1.74. The molecular weight excluding hydrogens is 312 g/mol. The molecule has 0 radical (unpaired) electrons. The number of carbonyl (C=O) groups excluding carboxylic acids is 1. The highest BCUT2D eigenvalue weighted by molar-refractivity contribution is 5.93. The average Bonchev–Trinajstić information content (AvgIpc) is 2.46. The summed E-state index contributed by atoms with van der Waals surface area (Å²) in [5, 5.41) is 0. The van der Waals surface area contributed by atoms with E-state index in [1.54, 1.807) is 19.1 Å². The number of rotatable bonds is 3. The van der Waals surface area contributed by atoms with Crippen molar-refractivity contribution in [2.45, 2.75) is 13.1 Å². The lowest BCUT2D eigenvalue weighted by atomic mass is 10.1. The fourth-order valence-corrected chi connectivity index (χ4v) is 1.87. The van der Waals surface area contributed by atoms with E-state index < -0.39 is 23.7 Å². The molecule has 0 unspecified atom stereocenters. The molecule has 2 rings (SSSR count). The van der Waals surface area contributed by atoms with Crippen LogP contribution in [0.5, 0.6) is 0 Å². The van der Waals surface area contributed by atoms with E-state index in [0.717, 1.165) is 29.8 Å². The van der Waals surface area contributed by atoms with E-state index in [1.165, 1.54) is 12.1 Å². The number of esters is 1. The summed E-state index contributed by atoms with van der Waals surface area (Å²) in [6.07, 6.45) is -4.81. The van der Waals surface area contributed by atoms with E-state index in [1.807, 2.05) is 0 Å². The summed E-state index contributed by atoms with van der Waals surface area (Å²) >= 11 is 0. The van der Waals surface area contributed by atoms with E-state index in [9.17, 15) is 22.4 Å².